The lowest BCUT2D eigenvalue weighted by Gasteiger charge is -2.24. The molecule has 3 aliphatic rings. The van der Waals surface area contributed by atoms with Gasteiger partial charge in [-0.3, -0.25) is 23.5 Å². The van der Waals surface area contributed by atoms with Gasteiger partial charge in [0.25, 0.3) is 0 Å². The third-order valence-corrected chi connectivity index (χ3v) is 6.15. The Hall–Kier alpha value is -1.41. The first-order chi connectivity index (χ1) is 11.1. The second-order valence-electron chi connectivity index (χ2n) is 6.44. The molecule has 0 unspecified atom stereocenters. The van der Waals surface area contributed by atoms with Crippen LogP contribution < -0.4 is 0 Å². The summed E-state index contributed by atoms with van der Waals surface area (Å²) in [5.74, 6) is 5.40. The number of rotatable bonds is 0. The highest BCUT2D eigenvalue weighted by Crippen LogP contribution is 2.07. The summed E-state index contributed by atoms with van der Waals surface area (Å²) in [4.78, 5) is 36.6. The van der Waals surface area contributed by atoms with Crippen molar-refractivity contribution in [2.45, 2.75) is 25.7 Å². The minimum atomic E-state index is -1.66. The lowest BCUT2D eigenvalue weighted by atomic mass is 10.4. The van der Waals surface area contributed by atoms with E-state index in [-0.39, 0.29) is 11.8 Å². The molecule has 3 saturated heterocycles. The summed E-state index contributed by atoms with van der Waals surface area (Å²) >= 11 is 0. The molecule has 3 rings (SSSR count). The second kappa shape index (κ2) is 9.17. The Balaban J connectivity index is 0.000000181. The van der Waals surface area contributed by atoms with Crippen molar-refractivity contribution in [3.63, 3.8) is 0 Å². The highest BCUT2D eigenvalue weighted by molar-refractivity contribution is 8.00. The standard InChI is InChI=1S/C6H13NOS.C5H7NO2.C5H9NO/c1-7-3-5-9(2,8)6-4-7;1-6-4(7)2-3-5(6)8;1-6-4-2-3-5(6)7/h2-6H2,1H3;2-3H2,1H3;2-4H2,1H3. The zero-order chi connectivity index (χ0) is 18.3. The quantitative estimate of drug-likeness (QED) is 0.436. The minimum absolute atomic E-state index is 0.0602. The second-order valence-corrected chi connectivity index (χ2v) is 9.19. The highest BCUT2D eigenvalue weighted by Gasteiger charge is 2.24. The summed E-state index contributed by atoms with van der Waals surface area (Å²) in [6.07, 6.45) is 2.61. The molecule has 0 bridgehead atoms. The number of carbonyl (C=O) groups is 3. The molecule has 3 heterocycles. The molecule has 0 N–H and O–H groups in total. The summed E-state index contributed by atoms with van der Waals surface area (Å²) in [5, 5.41) is 0. The van der Waals surface area contributed by atoms with E-state index in [0.717, 1.165) is 44.0 Å². The summed E-state index contributed by atoms with van der Waals surface area (Å²) in [6.45, 7) is 2.85. The first kappa shape index (κ1) is 20.6. The molecule has 0 aromatic carbocycles. The van der Waals surface area contributed by atoms with Gasteiger partial charge in [-0.05, 0) is 28.9 Å². The van der Waals surface area contributed by atoms with Crippen molar-refractivity contribution in [2.24, 2.45) is 0 Å². The Morgan fingerprint density at radius 3 is 1.54 bits per heavy atom. The number of hydrogen-bond donors (Lipinski definition) is 0. The third kappa shape index (κ3) is 7.00. The minimum Gasteiger partial charge on any atom is -0.346 e. The van der Waals surface area contributed by atoms with Crippen molar-refractivity contribution >= 4 is 33.1 Å². The molecular weight excluding hydrogens is 330 g/mol. The van der Waals surface area contributed by atoms with E-state index in [1.165, 1.54) is 11.9 Å². The van der Waals surface area contributed by atoms with Gasteiger partial charge in [-0.2, -0.15) is 0 Å². The average molecular weight is 359 g/mol. The molecule has 0 spiro atoms. The van der Waals surface area contributed by atoms with Crippen LogP contribution in [0.25, 0.3) is 0 Å². The van der Waals surface area contributed by atoms with Gasteiger partial charge in [-0.25, -0.2) is 0 Å². The van der Waals surface area contributed by atoms with Crippen LogP contribution in [0.3, 0.4) is 0 Å². The van der Waals surface area contributed by atoms with Crippen molar-refractivity contribution in [3.8, 4) is 0 Å². The van der Waals surface area contributed by atoms with E-state index in [1.54, 1.807) is 4.90 Å². The number of nitrogens with zero attached hydrogens (tertiary/aromatic N) is 3. The number of amides is 3. The molecule has 0 atom stereocenters. The van der Waals surface area contributed by atoms with E-state index in [4.69, 9.17) is 0 Å². The average Bonchev–Trinajstić information content (AvgIpc) is 3.04. The summed E-state index contributed by atoms with van der Waals surface area (Å²) in [7, 11) is 3.75. The van der Waals surface area contributed by atoms with Crippen molar-refractivity contribution < 1.29 is 18.6 Å². The molecule has 0 aromatic heterocycles. The maximum atomic E-state index is 11.2. The lowest BCUT2D eigenvalue weighted by Crippen LogP contribution is -2.37. The largest absolute Gasteiger partial charge is 0.346 e. The fraction of sp³-hybridized carbons (Fsp3) is 0.750. The number of likely N-dealkylation sites (tertiary alicyclic amines) is 2. The van der Waals surface area contributed by atoms with E-state index in [9.17, 15) is 18.6 Å². The smallest absolute Gasteiger partial charge is 0.229 e. The number of hydrogen-bond acceptors (Lipinski definition) is 5. The van der Waals surface area contributed by atoms with Crippen molar-refractivity contribution in [1.29, 1.82) is 0 Å². The molecule has 24 heavy (non-hydrogen) atoms. The molecule has 0 aromatic rings. The van der Waals surface area contributed by atoms with E-state index < -0.39 is 9.52 Å². The summed E-state index contributed by atoms with van der Waals surface area (Å²) in [5.41, 5.74) is 0. The zero-order valence-electron chi connectivity index (χ0n) is 15.0. The van der Waals surface area contributed by atoms with Gasteiger partial charge >= 0.3 is 0 Å². The molecule has 8 heteroatoms. The van der Waals surface area contributed by atoms with Crippen molar-refractivity contribution in [3.05, 3.63) is 0 Å². The van der Waals surface area contributed by atoms with Crippen molar-refractivity contribution in [1.82, 2.24) is 14.7 Å². The molecule has 3 amide bonds. The van der Waals surface area contributed by atoms with E-state index in [0.29, 0.717) is 18.7 Å². The molecule has 138 valence electrons. The Morgan fingerprint density at radius 1 is 0.833 bits per heavy atom. The number of carbonyl (C=O) groups excluding carboxylic acids is 3. The SMILES string of the molecule is C=S1(=O)CCN(C)CC1.CN1C(=O)CCC1=O.CN1CCCC1=O. The van der Waals surface area contributed by atoms with Gasteiger partial charge in [0.2, 0.25) is 17.7 Å². The van der Waals surface area contributed by atoms with E-state index in [2.05, 4.69) is 17.8 Å². The van der Waals surface area contributed by atoms with Crippen LogP contribution in [0.15, 0.2) is 0 Å². The summed E-state index contributed by atoms with van der Waals surface area (Å²) < 4.78 is 11.2. The Labute approximate surface area is 145 Å². The predicted octanol–water partition coefficient (Wildman–Crippen LogP) is -0.348. The van der Waals surface area contributed by atoms with Crippen LogP contribution in [-0.2, 0) is 23.9 Å². The van der Waals surface area contributed by atoms with Gasteiger partial charge in [0.15, 0.2) is 0 Å². The van der Waals surface area contributed by atoms with Crippen molar-refractivity contribution in [2.75, 3.05) is 52.3 Å². The van der Waals surface area contributed by atoms with Crippen LogP contribution in [0.1, 0.15) is 25.7 Å². The van der Waals surface area contributed by atoms with Gasteiger partial charge < -0.3 is 9.80 Å². The van der Waals surface area contributed by atoms with Crippen LogP contribution in [-0.4, -0.2) is 94.8 Å². The molecule has 0 aliphatic carbocycles. The molecule has 0 radical (unpaired) electrons. The van der Waals surface area contributed by atoms with Gasteiger partial charge in [0.1, 0.15) is 0 Å². The molecule has 0 saturated carbocycles. The van der Waals surface area contributed by atoms with Crippen LogP contribution in [0.5, 0.6) is 0 Å². The first-order valence-corrected chi connectivity index (χ1v) is 10.2. The highest BCUT2D eigenvalue weighted by atomic mass is 32.2. The van der Waals surface area contributed by atoms with Crippen LogP contribution >= 0.6 is 0 Å². The Bertz CT molecular complexity index is 544. The molecule has 3 fully saturated rings. The first-order valence-electron chi connectivity index (χ1n) is 8.17. The summed E-state index contributed by atoms with van der Waals surface area (Å²) in [6, 6.07) is 0. The van der Waals surface area contributed by atoms with Gasteiger partial charge in [0, 0.05) is 64.5 Å². The van der Waals surface area contributed by atoms with Crippen LogP contribution in [0.4, 0.5) is 0 Å². The molecule has 3 aliphatic heterocycles. The zero-order valence-corrected chi connectivity index (χ0v) is 15.8. The molecule has 7 nitrogen and oxygen atoms in total. The fourth-order valence-electron chi connectivity index (χ4n) is 2.33. The van der Waals surface area contributed by atoms with Crippen LogP contribution in [0, 0.1) is 0 Å². The van der Waals surface area contributed by atoms with Crippen LogP contribution in [0.2, 0.25) is 0 Å². The predicted molar refractivity (Wildman–Crippen MR) is 96.4 cm³/mol. The maximum absolute atomic E-state index is 11.2. The monoisotopic (exact) mass is 359 g/mol. The van der Waals surface area contributed by atoms with Gasteiger partial charge in [-0.15, -0.1) is 0 Å². The van der Waals surface area contributed by atoms with E-state index in [1.807, 2.05) is 7.05 Å². The number of imide groups is 1. The molecular formula is C16H29N3O4S. The topological polar surface area (TPSA) is 78.0 Å². The maximum Gasteiger partial charge on any atom is 0.229 e. The third-order valence-electron chi connectivity index (χ3n) is 4.30. The Morgan fingerprint density at radius 2 is 1.33 bits per heavy atom. The fourth-order valence-corrected chi connectivity index (χ4v) is 3.82. The van der Waals surface area contributed by atoms with Gasteiger partial charge in [0.05, 0.1) is 0 Å². The lowest BCUT2D eigenvalue weighted by molar-refractivity contribution is -0.136. The normalized spacial score (nSPS) is 23.5. The van der Waals surface area contributed by atoms with E-state index >= 15 is 0 Å². The van der Waals surface area contributed by atoms with Gasteiger partial charge in [-0.1, -0.05) is 0 Å². The Kier molecular flexibility index (Phi) is 7.89.